The van der Waals surface area contributed by atoms with E-state index in [1.54, 1.807) is 6.07 Å². The van der Waals surface area contributed by atoms with Crippen molar-refractivity contribution in [2.75, 3.05) is 0 Å². The molecule has 0 aliphatic carbocycles. The zero-order valence-corrected chi connectivity index (χ0v) is 8.44. The van der Waals surface area contributed by atoms with Crippen LogP contribution < -0.4 is 5.46 Å². The Morgan fingerprint density at radius 1 is 1.36 bits per heavy atom. The summed E-state index contributed by atoms with van der Waals surface area (Å²) in [4.78, 5) is 0. The van der Waals surface area contributed by atoms with E-state index in [0.29, 0.717) is 15.5 Å². The summed E-state index contributed by atoms with van der Waals surface area (Å²) in [5.41, 5.74) is 0.329. The highest BCUT2D eigenvalue weighted by Crippen LogP contribution is 2.32. The Balaban J connectivity index is 2.67. The fourth-order valence-electron chi connectivity index (χ4n) is 1.21. The third-order valence-corrected chi connectivity index (χ3v) is 3.33. The van der Waals surface area contributed by atoms with Gasteiger partial charge in [0.05, 0.1) is 5.02 Å². The molecule has 1 heterocycles. The predicted octanol–water partition coefficient (Wildman–Crippen LogP) is 1.37. The molecule has 72 valence electrons. The molecule has 0 saturated heterocycles. The SMILES string of the molecule is OB(O)c1ccc2c(Cl)c(F)sc2c1. The minimum absolute atomic E-state index is 0.0870. The third-order valence-electron chi connectivity index (χ3n) is 1.91. The van der Waals surface area contributed by atoms with Crippen molar-refractivity contribution in [2.45, 2.75) is 0 Å². The van der Waals surface area contributed by atoms with Gasteiger partial charge in [0.25, 0.3) is 0 Å². The van der Waals surface area contributed by atoms with Crippen molar-refractivity contribution in [1.29, 1.82) is 0 Å². The lowest BCUT2D eigenvalue weighted by Gasteiger charge is -1.98. The van der Waals surface area contributed by atoms with E-state index in [9.17, 15) is 4.39 Å². The maximum Gasteiger partial charge on any atom is 0.488 e. The quantitative estimate of drug-likeness (QED) is 0.727. The maximum absolute atomic E-state index is 13.0. The minimum Gasteiger partial charge on any atom is -0.423 e. The summed E-state index contributed by atoms with van der Waals surface area (Å²) < 4.78 is 13.6. The molecule has 2 N–H and O–H groups in total. The standard InChI is InChI=1S/C8H5BClFO2S/c10-7-5-2-1-4(9(12)13)3-6(5)14-8(7)11/h1-3,12-13H. The minimum atomic E-state index is -1.54. The highest BCUT2D eigenvalue weighted by atomic mass is 35.5. The van der Waals surface area contributed by atoms with Crippen LogP contribution in [0.15, 0.2) is 18.2 Å². The Labute approximate surface area is 88.7 Å². The third kappa shape index (κ3) is 1.52. The van der Waals surface area contributed by atoms with Crippen LogP contribution >= 0.6 is 22.9 Å². The molecule has 2 rings (SSSR count). The summed E-state index contributed by atoms with van der Waals surface area (Å²) >= 11 is 6.57. The van der Waals surface area contributed by atoms with Gasteiger partial charge in [0.2, 0.25) is 0 Å². The summed E-state index contributed by atoms with van der Waals surface area (Å²) in [7, 11) is -1.54. The number of halogens is 2. The molecule has 6 heteroatoms. The lowest BCUT2D eigenvalue weighted by molar-refractivity contribution is 0.426. The van der Waals surface area contributed by atoms with Gasteiger partial charge < -0.3 is 10.0 Å². The van der Waals surface area contributed by atoms with E-state index in [-0.39, 0.29) is 5.02 Å². The van der Waals surface area contributed by atoms with Gasteiger partial charge in [-0.3, -0.25) is 0 Å². The molecule has 0 atom stereocenters. The largest absolute Gasteiger partial charge is 0.488 e. The van der Waals surface area contributed by atoms with Gasteiger partial charge in [0.1, 0.15) is 0 Å². The molecule has 0 aliphatic heterocycles. The first-order chi connectivity index (χ1) is 6.59. The molecule has 0 amide bonds. The van der Waals surface area contributed by atoms with Gasteiger partial charge in [-0.2, -0.15) is 4.39 Å². The molecule has 1 aromatic heterocycles. The molecule has 2 nitrogen and oxygen atoms in total. The molecule has 0 bridgehead atoms. The predicted molar refractivity (Wildman–Crippen MR) is 56.6 cm³/mol. The van der Waals surface area contributed by atoms with Gasteiger partial charge in [-0.15, -0.1) is 11.3 Å². The van der Waals surface area contributed by atoms with Gasteiger partial charge in [-0.1, -0.05) is 23.7 Å². The first kappa shape index (κ1) is 9.92. The zero-order valence-electron chi connectivity index (χ0n) is 6.87. The summed E-state index contributed by atoms with van der Waals surface area (Å²) in [6.07, 6.45) is 0. The van der Waals surface area contributed by atoms with Gasteiger partial charge >= 0.3 is 7.12 Å². The van der Waals surface area contributed by atoms with Crippen LogP contribution in [0.25, 0.3) is 10.1 Å². The number of fused-ring (bicyclic) bond motifs is 1. The fourth-order valence-corrected chi connectivity index (χ4v) is 2.42. The van der Waals surface area contributed by atoms with Crippen LogP contribution in [0.1, 0.15) is 0 Å². The first-order valence-corrected chi connectivity index (χ1v) is 5.02. The van der Waals surface area contributed by atoms with Crippen LogP contribution in [0.4, 0.5) is 4.39 Å². The van der Waals surface area contributed by atoms with Gasteiger partial charge in [-0.25, -0.2) is 0 Å². The van der Waals surface area contributed by atoms with Crippen molar-refractivity contribution in [3.05, 3.63) is 28.4 Å². The van der Waals surface area contributed by atoms with Crippen molar-refractivity contribution in [2.24, 2.45) is 0 Å². The highest BCUT2D eigenvalue weighted by molar-refractivity contribution is 7.18. The van der Waals surface area contributed by atoms with Gasteiger partial charge in [0.15, 0.2) is 5.13 Å². The fraction of sp³-hybridized carbons (Fsp3) is 0. The summed E-state index contributed by atoms with van der Waals surface area (Å²) in [6, 6.07) is 4.59. The first-order valence-electron chi connectivity index (χ1n) is 3.83. The van der Waals surface area contributed by atoms with Crippen LogP contribution in [-0.2, 0) is 0 Å². The molecule has 0 radical (unpaired) electrons. The molecule has 0 unspecified atom stereocenters. The molecular weight excluding hydrogens is 225 g/mol. The van der Waals surface area contributed by atoms with Crippen LogP contribution in [0.5, 0.6) is 0 Å². The second kappa shape index (κ2) is 3.51. The van der Waals surface area contributed by atoms with Crippen LogP contribution in [0, 0.1) is 5.13 Å². The van der Waals surface area contributed by atoms with E-state index in [1.807, 2.05) is 0 Å². The van der Waals surface area contributed by atoms with Crippen LogP contribution in [0.2, 0.25) is 5.02 Å². The number of hydrogen-bond acceptors (Lipinski definition) is 3. The monoisotopic (exact) mass is 230 g/mol. The number of thiophene rings is 1. The molecule has 1 aromatic carbocycles. The van der Waals surface area contributed by atoms with E-state index in [4.69, 9.17) is 21.6 Å². The lowest BCUT2D eigenvalue weighted by Crippen LogP contribution is -2.29. The molecule has 0 saturated carbocycles. The zero-order chi connectivity index (χ0) is 10.3. The average molecular weight is 230 g/mol. The van der Waals surface area contributed by atoms with Gasteiger partial charge in [-0.05, 0) is 11.5 Å². The molecule has 0 fully saturated rings. The molecule has 0 spiro atoms. The Hall–Kier alpha value is -0.615. The van der Waals surface area contributed by atoms with Crippen molar-refractivity contribution >= 4 is 45.6 Å². The summed E-state index contributed by atoms with van der Waals surface area (Å²) in [5, 5.41) is 18.0. The van der Waals surface area contributed by atoms with Crippen molar-refractivity contribution < 1.29 is 14.4 Å². The van der Waals surface area contributed by atoms with E-state index >= 15 is 0 Å². The van der Waals surface area contributed by atoms with Crippen LogP contribution in [0.3, 0.4) is 0 Å². The Bertz CT molecular complexity index is 485. The van der Waals surface area contributed by atoms with Crippen LogP contribution in [-0.4, -0.2) is 17.2 Å². The van der Waals surface area contributed by atoms with E-state index in [1.165, 1.54) is 12.1 Å². The van der Waals surface area contributed by atoms with Gasteiger partial charge in [0, 0.05) is 10.1 Å². The number of rotatable bonds is 1. The molecular formula is C8H5BClFO2S. The average Bonchev–Trinajstić information content (AvgIpc) is 2.42. The Morgan fingerprint density at radius 3 is 2.71 bits per heavy atom. The second-order valence-electron chi connectivity index (χ2n) is 2.82. The number of hydrogen-bond donors (Lipinski definition) is 2. The van der Waals surface area contributed by atoms with Crippen molar-refractivity contribution in [3.8, 4) is 0 Å². The van der Waals surface area contributed by atoms with E-state index < -0.39 is 12.2 Å². The van der Waals surface area contributed by atoms with E-state index in [2.05, 4.69) is 0 Å². The molecule has 14 heavy (non-hydrogen) atoms. The van der Waals surface area contributed by atoms with E-state index in [0.717, 1.165) is 11.3 Å². The maximum atomic E-state index is 13.0. The summed E-state index contributed by atoms with van der Waals surface area (Å²) in [5.74, 6) is 0. The molecule has 2 aromatic rings. The molecule has 0 aliphatic rings. The topological polar surface area (TPSA) is 40.5 Å². The Kier molecular flexibility index (Phi) is 2.49. The van der Waals surface area contributed by atoms with Crippen molar-refractivity contribution in [3.63, 3.8) is 0 Å². The summed E-state index contributed by atoms with van der Waals surface area (Å²) in [6.45, 7) is 0. The second-order valence-corrected chi connectivity index (χ2v) is 4.20. The highest BCUT2D eigenvalue weighted by Gasteiger charge is 2.14. The smallest absolute Gasteiger partial charge is 0.423 e. The lowest BCUT2D eigenvalue weighted by atomic mass is 9.80. The van der Waals surface area contributed by atoms with Crippen molar-refractivity contribution in [1.82, 2.24) is 0 Å². The Morgan fingerprint density at radius 2 is 2.07 bits per heavy atom. The number of benzene rings is 1. The normalized spacial score (nSPS) is 10.9.